The molecule has 1 atom stereocenters. The first-order valence-corrected chi connectivity index (χ1v) is 7.13. The average molecular weight is 298 g/mol. The summed E-state index contributed by atoms with van der Waals surface area (Å²) in [6.45, 7) is 5.86. The van der Waals surface area contributed by atoms with E-state index in [0.717, 1.165) is 24.3 Å². The Hall–Kier alpha value is -1.03. The van der Waals surface area contributed by atoms with Crippen molar-refractivity contribution in [3.8, 4) is 0 Å². The van der Waals surface area contributed by atoms with E-state index in [4.69, 9.17) is 23.2 Å². The number of rotatable bonds is 5. The van der Waals surface area contributed by atoms with Crippen molar-refractivity contribution in [1.29, 1.82) is 0 Å². The summed E-state index contributed by atoms with van der Waals surface area (Å²) < 4.78 is 1.98. The van der Waals surface area contributed by atoms with Gasteiger partial charge in [-0.05, 0) is 37.2 Å². The fraction of sp³-hybridized carbons (Fsp3) is 0.357. The number of hydrogen-bond donors (Lipinski definition) is 1. The predicted octanol–water partition coefficient (Wildman–Crippen LogP) is 3.91. The molecule has 2 rings (SSSR count). The van der Waals surface area contributed by atoms with E-state index >= 15 is 0 Å². The first-order chi connectivity index (χ1) is 9.17. The Bertz CT molecular complexity index is 551. The van der Waals surface area contributed by atoms with Crippen LogP contribution in [-0.2, 0) is 6.54 Å². The summed E-state index contributed by atoms with van der Waals surface area (Å²) >= 11 is 12.1. The van der Waals surface area contributed by atoms with E-state index in [2.05, 4.69) is 24.3 Å². The molecular weight excluding hydrogens is 281 g/mol. The Morgan fingerprint density at radius 2 is 2.00 bits per heavy atom. The second-order valence-electron chi connectivity index (χ2n) is 4.24. The molecular formula is C14H17Cl2N3. The third-order valence-corrected chi connectivity index (χ3v) is 3.77. The number of halogens is 2. The largest absolute Gasteiger partial charge is 0.305 e. The lowest BCUT2D eigenvalue weighted by Crippen LogP contribution is -2.24. The maximum Gasteiger partial charge on any atom is 0.0748 e. The Balaban J connectivity index is 2.42. The fourth-order valence-electron chi connectivity index (χ4n) is 2.14. The third kappa shape index (κ3) is 3.11. The van der Waals surface area contributed by atoms with Crippen LogP contribution in [0.2, 0.25) is 10.0 Å². The molecule has 0 aliphatic heterocycles. The first kappa shape index (κ1) is 14.4. The van der Waals surface area contributed by atoms with Crippen LogP contribution < -0.4 is 5.32 Å². The van der Waals surface area contributed by atoms with Crippen molar-refractivity contribution in [2.24, 2.45) is 0 Å². The summed E-state index contributed by atoms with van der Waals surface area (Å²) in [5, 5.41) is 8.93. The van der Waals surface area contributed by atoms with Crippen molar-refractivity contribution in [2.45, 2.75) is 26.4 Å². The monoisotopic (exact) mass is 297 g/mol. The minimum absolute atomic E-state index is 0.0715. The zero-order valence-electron chi connectivity index (χ0n) is 11.0. The van der Waals surface area contributed by atoms with Gasteiger partial charge in [0.25, 0.3) is 0 Å². The van der Waals surface area contributed by atoms with Crippen molar-refractivity contribution in [3.63, 3.8) is 0 Å². The molecule has 3 nitrogen and oxygen atoms in total. The molecule has 0 bridgehead atoms. The summed E-state index contributed by atoms with van der Waals surface area (Å²) in [5.74, 6) is 0. The van der Waals surface area contributed by atoms with Gasteiger partial charge in [-0.1, -0.05) is 36.2 Å². The van der Waals surface area contributed by atoms with Crippen LogP contribution in [0, 0.1) is 0 Å². The molecule has 0 fully saturated rings. The molecule has 0 spiro atoms. The highest BCUT2D eigenvalue weighted by Gasteiger charge is 2.17. The van der Waals surface area contributed by atoms with Gasteiger partial charge in [-0.15, -0.1) is 0 Å². The lowest BCUT2D eigenvalue weighted by molar-refractivity contribution is 0.542. The van der Waals surface area contributed by atoms with E-state index in [-0.39, 0.29) is 6.04 Å². The fourth-order valence-corrected chi connectivity index (χ4v) is 2.45. The molecule has 1 unspecified atom stereocenters. The molecule has 0 saturated carbocycles. The molecule has 2 aromatic rings. The number of aryl methyl sites for hydroxylation is 1. The van der Waals surface area contributed by atoms with Crippen LogP contribution in [0.1, 0.15) is 31.1 Å². The molecule has 1 heterocycles. The van der Waals surface area contributed by atoms with E-state index in [0.29, 0.717) is 10.0 Å². The molecule has 5 heteroatoms. The van der Waals surface area contributed by atoms with Crippen molar-refractivity contribution >= 4 is 23.2 Å². The molecule has 1 N–H and O–H groups in total. The van der Waals surface area contributed by atoms with Gasteiger partial charge in [0.1, 0.15) is 0 Å². The van der Waals surface area contributed by atoms with Crippen molar-refractivity contribution in [2.75, 3.05) is 6.54 Å². The summed E-state index contributed by atoms with van der Waals surface area (Å²) in [6, 6.07) is 7.83. The number of nitrogens with zero attached hydrogens (tertiary/aromatic N) is 2. The maximum atomic E-state index is 6.11. The van der Waals surface area contributed by atoms with E-state index in [1.807, 2.05) is 35.1 Å². The van der Waals surface area contributed by atoms with Gasteiger partial charge in [-0.2, -0.15) is 5.10 Å². The van der Waals surface area contributed by atoms with Crippen LogP contribution in [0.4, 0.5) is 0 Å². The first-order valence-electron chi connectivity index (χ1n) is 6.37. The Labute approximate surface area is 123 Å². The minimum atomic E-state index is 0.0715. The zero-order chi connectivity index (χ0) is 13.8. The molecule has 0 aliphatic rings. The van der Waals surface area contributed by atoms with Crippen LogP contribution in [0.25, 0.3) is 0 Å². The lowest BCUT2D eigenvalue weighted by atomic mass is 10.0. The molecule has 1 aromatic carbocycles. The molecule has 1 aromatic heterocycles. The van der Waals surface area contributed by atoms with Crippen molar-refractivity contribution < 1.29 is 0 Å². The molecule has 0 radical (unpaired) electrons. The van der Waals surface area contributed by atoms with E-state index in [1.165, 1.54) is 0 Å². The van der Waals surface area contributed by atoms with Gasteiger partial charge in [0.05, 0.1) is 21.8 Å². The highest BCUT2D eigenvalue weighted by molar-refractivity contribution is 6.42. The number of hydrogen-bond acceptors (Lipinski definition) is 2. The summed E-state index contributed by atoms with van der Waals surface area (Å²) in [5.41, 5.74) is 2.22. The predicted molar refractivity (Wildman–Crippen MR) is 79.9 cm³/mol. The second kappa shape index (κ2) is 6.42. The highest BCUT2D eigenvalue weighted by Crippen LogP contribution is 2.28. The maximum absolute atomic E-state index is 6.11. The Morgan fingerprint density at radius 1 is 1.21 bits per heavy atom. The SMILES string of the molecule is CCNC(c1ccc(Cl)c(Cl)c1)c1ccnn1CC. The van der Waals surface area contributed by atoms with Gasteiger partial charge in [0, 0.05) is 12.7 Å². The van der Waals surface area contributed by atoms with E-state index in [9.17, 15) is 0 Å². The molecule has 0 aliphatic carbocycles. The van der Waals surface area contributed by atoms with Crippen LogP contribution in [-0.4, -0.2) is 16.3 Å². The van der Waals surface area contributed by atoms with Gasteiger partial charge < -0.3 is 5.32 Å². The van der Waals surface area contributed by atoms with Gasteiger partial charge in [-0.25, -0.2) is 0 Å². The average Bonchev–Trinajstić information content (AvgIpc) is 2.87. The number of aromatic nitrogens is 2. The summed E-state index contributed by atoms with van der Waals surface area (Å²) in [4.78, 5) is 0. The number of nitrogens with one attached hydrogen (secondary N) is 1. The standard InChI is InChI=1S/C14H17Cl2N3/c1-3-17-14(13-7-8-18-19(13)4-2)10-5-6-11(15)12(16)9-10/h5-9,14,17H,3-4H2,1-2H3. The van der Waals surface area contributed by atoms with Crippen LogP contribution >= 0.6 is 23.2 Å². The normalized spacial score (nSPS) is 12.6. The van der Waals surface area contributed by atoms with E-state index in [1.54, 1.807) is 0 Å². The summed E-state index contributed by atoms with van der Waals surface area (Å²) in [7, 11) is 0. The van der Waals surface area contributed by atoms with Gasteiger partial charge in [0.2, 0.25) is 0 Å². The van der Waals surface area contributed by atoms with Gasteiger partial charge >= 0.3 is 0 Å². The highest BCUT2D eigenvalue weighted by atomic mass is 35.5. The second-order valence-corrected chi connectivity index (χ2v) is 5.05. The van der Waals surface area contributed by atoms with E-state index < -0.39 is 0 Å². The van der Waals surface area contributed by atoms with Crippen molar-refractivity contribution in [1.82, 2.24) is 15.1 Å². The molecule has 0 amide bonds. The molecule has 0 saturated heterocycles. The third-order valence-electron chi connectivity index (χ3n) is 3.03. The van der Waals surface area contributed by atoms with Crippen LogP contribution in [0.5, 0.6) is 0 Å². The van der Waals surface area contributed by atoms with Crippen LogP contribution in [0.15, 0.2) is 30.5 Å². The summed E-state index contributed by atoms with van der Waals surface area (Å²) in [6.07, 6.45) is 1.82. The van der Waals surface area contributed by atoms with Gasteiger partial charge in [-0.3, -0.25) is 4.68 Å². The Morgan fingerprint density at radius 3 is 2.63 bits per heavy atom. The lowest BCUT2D eigenvalue weighted by Gasteiger charge is -2.20. The molecule has 102 valence electrons. The molecule has 19 heavy (non-hydrogen) atoms. The van der Waals surface area contributed by atoms with Crippen molar-refractivity contribution in [3.05, 3.63) is 51.8 Å². The minimum Gasteiger partial charge on any atom is -0.305 e. The Kier molecular flexibility index (Phi) is 4.86. The smallest absolute Gasteiger partial charge is 0.0748 e. The quantitative estimate of drug-likeness (QED) is 0.907. The number of benzene rings is 1. The topological polar surface area (TPSA) is 29.9 Å². The van der Waals surface area contributed by atoms with Gasteiger partial charge in [0.15, 0.2) is 0 Å². The zero-order valence-corrected chi connectivity index (χ0v) is 12.5. The van der Waals surface area contributed by atoms with Crippen LogP contribution in [0.3, 0.4) is 0 Å².